The fourth-order valence-electron chi connectivity index (χ4n) is 4.49. The van der Waals surface area contributed by atoms with Crippen molar-refractivity contribution in [3.8, 4) is 0 Å². The number of amides is 3. The third kappa shape index (κ3) is 4.82. The molecule has 0 bridgehead atoms. The lowest BCUT2D eigenvalue weighted by molar-refractivity contribution is -0.122. The Labute approximate surface area is 206 Å². The molecule has 1 saturated carbocycles. The lowest BCUT2D eigenvalue weighted by atomic mass is 10.2. The molecule has 2 fully saturated rings. The molecular weight excluding hydrogens is 557 g/mol. The number of carbonyl (C=O) groups is 3. The van der Waals surface area contributed by atoms with Gasteiger partial charge < -0.3 is 5.32 Å². The first-order valence-corrected chi connectivity index (χ1v) is 13.2. The maximum atomic E-state index is 13.7. The highest BCUT2D eigenvalue weighted by atomic mass is 127. The SMILES string of the molecule is CC(=O)Nc1ccc(S(=O)(=O)N(C2CCCC2)C2CC(=O)N(c3ccc(I)cc3)C2=O)cc1. The van der Waals surface area contributed by atoms with Gasteiger partial charge in [0.1, 0.15) is 6.04 Å². The molecule has 2 aliphatic rings. The minimum Gasteiger partial charge on any atom is -0.326 e. The van der Waals surface area contributed by atoms with Gasteiger partial charge in [0.05, 0.1) is 17.0 Å². The summed E-state index contributed by atoms with van der Waals surface area (Å²) in [6, 6.07) is 11.4. The Morgan fingerprint density at radius 1 is 1.03 bits per heavy atom. The van der Waals surface area contributed by atoms with Gasteiger partial charge in [0, 0.05) is 22.2 Å². The number of nitrogens with one attached hydrogen (secondary N) is 1. The van der Waals surface area contributed by atoms with Crippen LogP contribution in [0.1, 0.15) is 39.0 Å². The smallest absolute Gasteiger partial charge is 0.252 e. The van der Waals surface area contributed by atoms with E-state index in [0.717, 1.165) is 21.3 Å². The number of hydrogen-bond acceptors (Lipinski definition) is 5. The van der Waals surface area contributed by atoms with Crippen molar-refractivity contribution in [1.82, 2.24) is 4.31 Å². The van der Waals surface area contributed by atoms with Gasteiger partial charge in [-0.15, -0.1) is 0 Å². The second-order valence-corrected chi connectivity index (χ2v) is 11.3. The molecule has 33 heavy (non-hydrogen) atoms. The Balaban J connectivity index is 1.69. The van der Waals surface area contributed by atoms with Crippen LogP contribution in [0.25, 0.3) is 0 Å². The van der Waals surface area contributed by atoms with Gasteiger partial charge in [-0.2, -0.15) is 4.31 Å². The summed E-state index contributed by atoms with van der Waals surface area (Å²) in [7, 11) is -4.06. The van der Waals surface area contributed by atoms with Gasteiger partial charge in [-0.1, -0.05) is 12.8 Å². The first-order valence-electron chi connectivity index (χ1n) is 10.7. The molecule has 1 saturated heterocycles. The van der Waals surface area contributed by atoms with Crippen molar-refractivity contribution in [2.24, 2.45) is 0 Å². The van der Waals surface area contributed by atoms with Gasteiger partial charge in [0.15, 0.2) is 0 Å². The molecule has 3 amide bonds. The zero-order valence-electron chi connectivity index (χ0n) is 18.0. The van der Waals surface area contributed by atoms with E-state index in [1.54, 1.807) is 24.3 Å². The Hall–Kier alpha value is -2.31. The van der Waals surface area contributed by atoms with Crippen molar-refractivity contribution in [3.63, 3.8) is 0 Å². The largest absolute Gasteiger partial charge is 0.326 e. The number of imide groups is 1. The number of sulfonamides is 1. The lowest BCUT2D eigenvalue weighted by Crippen LogP contribution is -2.49. The van der Waals surface area contributed by atoms with E-state index in [0.29, 0.717) is 24.2 Å². The molecule has 2 aromatic rings. The van der Waals surface area contributed by atoms with Crippen molar-refractivity contribution < 1.29 is 22.8 Å². The highest BCUT2D eigenvalue weighted by Gasteiger charge is 2.49. The molecule has 4 rings (SSSR count). The molecule has 1 unspecified atom stereocenters. The van der Waals surface area contributed by atoms with E-state index >= 15 is 0 Å². The molecule has 174 valence electrons. The third-order valence-corrected chi connectivity index (χ3v) is 8.64. The van der Waals surface area contributed by atoms with Crippen molar-refractivity contribution in [1.29, 1.82) is 0 Å². The van der Waals surface area contributed by atoms with Crippen molar-refractivity contribution in [3.05, 3.63) is 52.1 Å². The van der Waals surface area contributed by atoms with Crippen LogP contribution in [0, 0.1) is 3.57 Å². The summed E-state index contributed by atoms with van der Waals surface area (Å²) in [5.41, 5.74) is 0.919. The number of anilines is 2. The van der Waals surface area contributed by atoms with Crippen LogP contribution in [0.2, 0.25) is 0 Å². The van der Waals surface area contributed by atoms with Crippen molar-refractivity contribution in [2.75, 3.05) is 10.2 Å². The number of hydrogen-bond donors (Lipinski definition) is 1. The second-order valence-electron chi connectivity index (χ2n) is 8.24. The maximum absolute atomic E-state index is 13.7. The zero-order chi connectivity index (χ0) is 23.8. The number of carbonyl (C=O) groups excluding carboxylic acids is 3. The zero-order valence-corrected chi connectivity index (χ0v) is 21.0. The average molecular weight is 581 g/mol. The predicted molar refractivity (Wildman–Crippen MR) is 132 cm³/mol. The van der Waals surface area contributed by atoms with Crippen LogP contribution in [-0.4, -0.2) is 42.5 Å². The summed E-state index contributed by atoms with van der Waals surface area (Å²) in [5.74, 6) is -1.19. The topological polar surface area (TPSA) is 104 Å². The number of benzene rings is 2. The summed E-state index contributed by atoms with van der Waals surface area (Å²) in [4.78, 5) is 38.6. The summed E-state index contributed by atoms with van der Waals surface area (Å²) in [6.07, 6.45) is 2.83. The van der Waals surface area contributed by atoms with Crippen LogP contribution in [0.5, 0.6) is 0 Å². The third-order valence-electron chi connectivity index (χ3n) is 5.95. The molecule has 1 heterocycles. The Kier molecular flexibility index (Phi) is 6.87. The second kappa shape index (κ2) is 9.51. The van der Waals surface area contributed by atoms with E-state index in [2.05, 4.69) is 27.9 Å². The molecule has 2 aromatic carbocycles. The van der Waals surface area contributed by atoms with E-state index < -0.39 is 27.9 Å². The molecule has 0 aromatic heterocycles. The summed E-state index contributed by atoms with van der Waals surface area (Å²) in [6.45, 7) is 1.37. The van der Waals surface area contributed by atoms with E-state index in [-0.39, 0.29) is 23.3 Å². The Morgan fingerprint density at radius 2 is 1.64 bits per heavy atom. The van der Waals surface area contributed by atoms with Crippen LogP contribution in [0.15, 0.2) is 53.4 Å². The first kappa shape index (κ1) is 23.8. The van der Waals surface area contributed by atoms with Crippen LogP contribution < -0.4 is 10.2 Å². The molecule has 8 nitrogen and oxygen atoms in total. The normalized spacial score (nSPS) is 19.5. The van der Waals surface area contributed by atoms with Gasteiger partial charge in [-0.05, 0) is 84.0 Å². The molecular formula is C23H24IN3O5S. The van der Waals surface area contributed by atoms with Crippen molar-refractivity contribution >= 4 is 61.7 Å². The first-order chi connectivity index (χ1) is 15.7. The Bertz CT molecular complexity index is 1180. The maximum Gasteiger partial charge on any atom is 0.252 e. The summed E-state index contributed by atoms with van der Waals surface area (Å²) < 4.78 is 29.7. The number of rotatable bonds is 6. The van der Waals surface area contributed by atoms with Crippen molar-refractivity contribution in [2.45, 2.75) is 56.0 Å². The lowest BCUT2D eigenvalue weighted by Gasteiger charge is -2.32. The Morgan fingerprint density at radius 3 is 2.21 bits per heavy atom. The van der Waals surface area contributed by atoms with Gasteiger partial charge in [-0.3, -0.25) is 14.4 Å². The van der Waals surface area contributed by atoms with Crippen LogP contribution in [0.4, 0.5) is 11.4 Å². The molecule has 0 spiro atoms. The predicted octanol–water partition coefficient (Wildman–Crippen LogP) is 3.52. The van der Waals surface area contributed by atoms with Crippen LogP contribution in [-0.2, 0) is 24.4 Å². The van der Waals surface area contributed by atoms with Crippen LogP contribution >= 0.6 is 22.6 Å². The minimum atomic E-state index is -4.06. The molecule has 1 aliphatic carbocycles. The summed E-state index contributed by atoms with van der Waals surface area (Å²) in [5, 5.41) is 2.61. The van der Waals surface area contributed by atoms with E-state index in [1.807, 2.05) is 0 Å². The van der Waals surface area contributed by atoms with Gasteiger partial charge in [0.25, 0.3) is 5.91 Å². The van der Waals surface area contributed by atoms with Gasteiger partial charge in [-0.25, -0.2) is 13.3 Å². The number of nitrogens with zero attached hydrogens (tertiary/aromatic N) is 2. The molecule has 0 radical (unpaired) electrons. The van der Waals surface area contributed by atoms with Gasteiger partial charge >= 0.3 is 0 Å². The minimum absolute atomic E-state index is 0.0245. The van der Waals surface area contributed by atoms with E-state index in [4.69, 9.17) is 0 Å². The number of halogens is 1. The fraction of sp³-hybridized carbons (Fsp3) is 0.348. The quantitative estimate of drug-likeness (QED) is 0.416. The highest BCUT2D eigenvalue weighted by Crippen LogP contribution is 2.36. The standard InChI is InChI=1S/C23H24IN3O5S/c1-15(28)25-17-8-12-20(13-9-17)33(31,32)27(19-4-2-3-5-19)21-14-22(29)26(23(21)30)18-10-6-16(24)7-11-18/h6-13,19,21H,2-5,14H2,1H3,(H,25,28). The summed E-state index contributed by atoms with van der Waals surface area (Å²) >= 11 is 2.14. The van der Waals surface area contributed by atoms with Gasteiger partial charge in [0.2, 0.25) is 21.8 Å². The molecule has 1 N–H and O–H groups in total. The van der Waals surface area contributed by atoms with Crippen LogP contribution in [0.3, 0.4) is 0 Å². The fourth-order valence-corrected chi connectivity index (χ4v) is 6.67. The molecule has 1 atom stereocenters. The highest BCUT2D eigenvalue weighted by molar-refractivity contribution is 14.1. The molecule has 10 heteroatoms. The van der Waals surface area contributed by atoms with E-state index in [9.17, 15) is 22.8 Å². The molecule has 1 aliphatic heterocycles. The average Bonchev–Trinajstić information content (AvgIpc) is 3.38. The van der Waals surface area contributed by atoms with E-state index in [1.165, 1.54) is 35.5 Å². The monoisotopic (exact) mass is 581 g/mol.